The molecule has 0 saturated carbocycles. The number of anilines is 1. The van der Waals surface area contributed by atoms with Crippen LogP contribution >= 0.6 is 0 Å². The summed E-state index contributed by atoms with van der Waals surface area (Å²) in [5, 5.41) is 3.25. The molecule has 0 amide bonds. The Kier molecular flexibility index (Phi) is 6.13. The van der Waals surface area contributed by atoms with E-state index in [0.717, 1.165) is 30.5 Å². The molecule has 1 aromatic heterocycles. The lowest BCUT2D eigenvalue weighted by atomic mass is 10.0. The minimum absolute atomic E-state index is 0.592. The van der Waals surface area contributed by atoms with E-state index in [-0.39, 0.29) is 0 Å². The smallest absolute Gasteiger partial charge is 0.126 e. The highest BCUT2D eigenvalue weighted by Gasteiger charge is 2.11. The van der Waals surface area contributed by atoms with E-state index in [4.69, 9.17) is 0 Å². The molecule has 0 aliphatic rings. The summed E-state index contributed by atoms with van der Waals surface area (Å²) in [5.74, 6) is 1.71. The minimum Gasteiger partial charge on any atom is -0.370 e. The summed E-state index contributed by atoms with van der Waals surface area (Å²) in [6.07, 6.45) is 1.23. The van der Waals surface area contributed by atoms with Crippen molar-refractivity contribution >= 4 is 5.82 Å². The van der Waals surface area contributed by atoms with Gasteiger partial charge in [0.1, 0.15) is 5.82 Å². The fourth-order valence-electron chi connectivity index (χ4n) is 2.12. The average molecular weight is 249 g/mol. The van der Waals surface area contributed by atoms with Gasteiger partial charge in [-0.25, -0.2) is 4.98 Å². The fraction of sp³-hybridized carbons (Fsp3) is 0.667. The summed E-state index contributed by atoms with van der Waals surface area (Å²) >= 11 is 0. The van der Waals surface area contributed by atoms with Crippen molar-refractivity contribution in [2.24, 2.45) is 5.92 Å². The SMILES string of the molecule is CCNc1cccc(CN(C)C(C)CC(C)C)n1. The molecule has 0 bridgehead atoms. The van der Waals surface area contributed by atoms with Crippen LogP contribution in [0.25, 0.3) is 0 Å². The first kappa shape index (κ1) is 15.0. The zero-order valence-electron chi connectivity index (χ0n) is 12.4. The molecule has 0 saturated heterocycles. The van der Waals surface area contributed by atoms with Gasteiger partial charge in [-0.2, -0.15) is 0 Å². The summed E-state index contributed by atoms with van der Waals surface area (Å²) in [5.41, 5.74) is 1.13. The molecule has 1 aromatic rings. The highest BCUT2D eigenvalue weighted by Crippen LogP contribution is 2.13. The molecule has 3 nitrogen and oxygen atoms in total. The highest BCUT2D eigenvalue weighted by molar-refractivity contribution is 5.34. The molecule has 1 heterocycles. The van der Waals surface area contributed by atoms with Crippen LogP contribution < -0.4 is 5.32 Å². The zero-order chi connectivity index (χ0) is 13.5. The van der Waals surface area contributed by atoms with Gasteiger partial charge in [0.2, 0.25) is 0 Å². The maximum atomic E-state index is 4.61. The normalized spacial score (nSPS) is 13.1. The number of nitrogens with one attached hydrogen (secondary N) is 1. The first-order valence-corrected chi connectivity index (χ1v) is 6.93. The number of hydrogen-bond donors (Lipinski definition) is 1. The third-order valence-corrected chi connectivity index (χ3v) is 3.14. The monoisotopic (exact) mass is 249 g/mol. The van der Waals surface area contributed by atoms with Gasteiger partial charge < -0.3 is 5.32 Å². The summed E-state index contributed by atoms with van der Waals surface area (Å²) in [6.45, 7) is 10.7. The molecule has 1 atom stereocenters. The molecule has 3 heteroatoms. The summed E-state index contributed by atoms with van der Waals surface area (Å²) < 4.78 is 0. The van der Waals surface area contributed by atoms with Gasteiger partial charge in [0, 0.05) is 19.1 Å². The van der Waals surface area contributed by atoms with Crippen molar-refractivity contribution in [2.45, 2.75) is 46.7 Å². The molecule has 0 spiro atoms. The van der Waals surface area contributed by atoms with E-state index in [9.17, 15) is 0 Å². The van der Waals surface area contributed by atoms with E-state index >= 15 is 0 Å². The molecule has 102 valence electrons. The predicted octanol–water partition coefficient (Wildman–Crippen LogP) is 3.38. The largest absolute Gasteiger partial charge is 0.370 e. The van der Waals surface area contributed by atoms with Crippen LogP contribution in [0.15, 0.2) is 18.2 Å². The molecule has 0 fully saturated rings. The van der Waals surface area contributed by atoms with Gasteiger partial charge in [0.15, 0.2) is 0 Å². The van der Waals surface area contributed by atoms with Crippen molar-refractivity contribution in [1.29, 1.82) is 0 Å². The van der Waals surface area contributed by atoms with Gasteiger partial charge in [0.25, 0.3) is 0 Å². The summed E-state index contributed by atoms with van der Waals surface area (Å²) in [4.78, 5) is 6.98. The second kappa shape index (κ2) is 7.37. The molecule has 1 N–H and O–H groups in total. The van der Waals surface area contributed by atoms with Crippen LogP contribution in [0.4, 0.5) is 5.82 Å². The number of pyridine rings is 1. The molecule has 1 unspecified atom stereocenters. The molecule has 0 radical (unpaired) electrons. The predicted molar refractivity (Wildman–Crippen MR) is 78.8 cm³/mol. The van der Waals surface area contributed by atoms with Crippen LogP contribution in [0, 0.1) is 5.92 Å². The Labute approximate surface area is 112 Å². The van der Waals surface area contributed by atoms with Crippen LogP contribution in [0.2, 0.25) is 0 Å². The van der Waals surface area contributed by atoms with E-state index in [1.54, 1.807) is 0 Å². The Balaban J connectivity index is 2.57. The van der Waals surface area contributed by atoms with Crippen molar-refractivity contribution in [3.8, 4) is 0 Å². The summed E-state index contributed by atoms with van der Waals surface area (Å²) in [7, 11) is 2.18. The fourth-order valence-corrected chi connectivity index (χ4v) is 2.12. The topological polar surface area (TPSA) is 28.2 Å². The van der Waals surface area contributed by atoms with E-state index in [0.29, 0.717) is 6.04 Å². The number of rotatable bonds is 7. The molecule has 1 rings (SSSR count). The lowest BCUT2D eigenvalue weighted by Crippen LogP contribution is -2.30. The zero-order valence-corrected chi connectivity index (χ0v) is 12.4. The van der Waals surface area contributed by atoms with Gasteiger partial charge in [-0.3, -0.25) is 4.90 Å². The molecule has 0 aromatic carbocycles. The second-order valence-corrected chi connectivity index (χ2v) is 5.44. The van der Waals surface area contributed by atoms with Crippen LogP contribution in [0.3, 0.4) is 0 Å². The number of hydrogen-bond acceptors (Lipinski definition) is 3. The van der Waals surface area contributed by atoms with Crippen LogP contribution in [-0.2, 0) is 6.54 Å². The Morgan fingerprint density at radius 3 is 2.61 bits per heavy atom. The molecule has 18 heavy (non-hydrogen) atoms. The van der Waals surface area contributed by atoms with Crippen molar-refractivity contribution < 1.29 is 0 Å². The Morgan fingerprint density at radius 2 is 2.00 bits per heavy atom. The lowest BCUT2D eigenvalue weighted by Gasteiger charge is -2.25. The van der Waals surface area contributed by atoms with Gasteiger partial charge in [-0.05, 0) is 45.4 Å². The minimum atomic E-state index is 0.592. The average Bonchev–Trinajstić information content (AvgIpc) is 2.29. The highest BCUT2D eigenvalue weighted by atomic mass is 15.1. The first-order valence-electron chi connectivity index (χ1n) is 6.93. The second-order valence-electron chi connectivity index (χ2n) is 5.44. The Morgan fingerprint density at radius 1 is 1.28 bits per heavy atom. The Hall–Kier alpha value is -1.09. The summed E-state index contributed by atoms with van der Waals surface area (Å²) in [6, 6.07) is 6.78. The maximum absolute atomic E-state index is 4.61. The van der Waals surface area contributed by atoms with Crippen molar-refractivity contribution in [2.75, 3.05) is 18.9 Å². The van der Waals surface area contributed by atoms with Gasteiger partial charge >= 0.3 is 0 Å². The number of nitrogens with zero attached hydrogens (tertiary/aromatic N) is 2. The molecular formula is C15H27N3. The van der Waals surface area contributed by atoms with Crippen LogP contribution in [0.5, 0.6) is 0 Å². The number of aromatic nitrogens is 1. The van der Waals surface area contributed by atoms with E-state index in [2.05, 4.69) is 62.1 Å². The van der Waals surface area contributed by atoms with Gasteiger partial charge in [0.05, 0.1) is 5.69 Å². The molecular weight excluding hydrogens is 222 g/mol. The van der Waals surface area contributed by atoms with Crippen molar-refractivity contribution in [3.63, 3.8) is 0 Å². The van der Waals surface area contributed by atoms with Crippen molar-refractivity contribution in [1.82, 2.24) is 9.88 Å². The van der Waals surface area contributed by atoms with Crippen molar-refractivity contribution in [3.05, 3.63) is 23.9 Å². The van der Waals surface area contributed by atoms with Crippen LogP contribution in [0.1, 0.15) is 39.8 Å². The molecule has 0 aliphatic carbocycles. The van der Waals surface area contributed by atoms with Gasteiger partial charge in [-0.1, -0.05) is 19.9 Å². The third kappa shape index (κ3) is 5.05. The van der Waals surface area contributed by atoms with Crippen LogP contribution in [-0.4, -0.2) is 29.5 Å². The Bertz CT molecular complexity index is 349. The molecule has 0 aliphatic heterocycles. The third-order valence-electron chi connectivity index (χ3n) is 3.14. The standard InChI is InChI=1S/C15H27N3/c1-6-16-15-9-7-8-14(17-15)11-18(5)13(4)10-12(2)3/h7-9,12-13H,6,10-11H2,1-5H3,(H,16,17). The lowest BCUT2D eigenvalue weighted by molar-refractivity contribution is 0.218. The van der Waals surface area contributed by atoms with E-state index < -0.39 is 0 Å². The van der Waals surface area contributed by atoms with E-state index in [1.807, 2.05) is 6.07 Å². The maximum Gasteiger partial charge on any atom is 0.126 e. The van der Waals surface area contributed by atoms with E-state index in [1.165, 1.54) is 6.42 Å². The van der Waals surface area contributed by atoms with Gasteiger partial charge in [-0.15, -0.1) is 0 Å². The quantitative estimate of drug-likeness (QED) is 0.803. The first-order chi connectivity index (χ1) is 8.52.